The number of fused-ring (bicyclic) bond motifs is 4. The molecular weight excluding hydrogens is 328 g/mol. The SMILES string of the molecule is CC1(C)c2ccccc2-c2ccc(Cc3nc4nonc4[nH]c3=O)cc21. The summed E-state index contributed by atoms with van der Waals surface area (Å²) in [4.78, 5) is 19.2. The molecule has 1 aliphatic rings. The number of nitrogens with one attached hydrogen (secondary N) is 1. The number of aromatic amines is 1. The second kappa shape index (κ2) is 5.11. The lowest BCUT2D eigenvalue weighted by Crippen LogP contribution is -2.17. The summed E-state index contributed by atoms with van der Waals surface area (Å²) < 4.78 is 4.62. The molecule has 0 unspecified atom stereocenters. The fourth-order valence-electron chi connectivity index (χ4n) is 3.87. The molecule has 2 heterocycles. The monoisotopic (exact) mass is 344 g/mol. The molecular formula is C20H16N4O2. The Hall–Kier alpha value is -3.28. The molecule has 6 heteroatoms. The van der Waals surface area contributed by atoms with E-state index in [-0.39, 0.29) is 16.6 Å². The maximum absolute atomic E-state index is 12.2. The van der Waals surface area contributed by atoms with Gasteiger partial charge in [0.25, 0.3) is 5.56 Å². The van der Waals surface area contributed by atoms with Crippen molar-refractivity contribution in [2.45, 2.75) is 25.7 Å². The number of nitrogens with zero attached hydrogens (tertiary/aromatic N) is 3. The van der Waals surface area contributed by atoms with E-state index in [1.807, 2.05) is 0 Å². The lowest BCUT2D eigenvalue weighted by molar-refractivity contribution is 0.314. The average molecular weight is 344 g/mol. The van der Waals surface area contributed by atoms with Crippen molar-refractivity contribution in [3.8, 4) is 11.1 Å². The van der Waals surface area contributed by atoms with Crippen LogP contribution in [0.25, 0.3) is 22.4 Å². The summed E-state index contributed by atoms with van der Waals surface area (Å²) in [5.74, 6) is 0. The maximum atomic E-state index is 12.2. The highest BCUT2D eigenvalue weighted by Gasteiger charge is 2.35. The number of rotatable bonds is 2. The third-order valence-corrected chi connectivity index (χ3v) is 5.23. The zero-order chi connectivity index (χ0) is 17.9. The van der Waals surface area contributed by atoms with Crippen molar-refractivity contribution >= 4 is 11.3 Å². The summed E-state index contributed by atoms with van der Waals surface area (Å²) in [5, 5.41) is 7.32. The van der Waals surface area contributed by atoms with Gasteiger partial charge < -0.3 is 0 Å². The van der Waals surface area contributed by atoms with Crippen molar-refractivity contribution in [3.05, 3.63) is 75.2 Å². The normalized spacial score (nSPS) is 14.4. The Morgan fingerprint density at radius 2 is 1.85 bits per heavy atom. The molecule has 0 fully saturated rings. The van der Waals surface area contributed by atoms with E-state index < -0.39 is 0 Å². The van der Waals surface area contributed by atoms with Crippen molar-refractivity contribution in [2.24, 2.45) is 0 Å². The molecule has 5 rings (SSSR count). The van der Waals surface area contributed by atoms with Gasteiger partial charge in [0.05, 0.1) is 0 Å². The highest BCUT2D eigenvalue weighted by Crippen LogP contribution is 2.48. The quantitative estimate of drug-likeness (QED) is 0.603. The first-order valence-corrected chi connectivity index (χ1v) is 8.49. The number of hydrogen-bond donors (Lipinski definition) is 1. The van der Waals surface area contributed by atoms with E-state index >= 15 is 0 Å². The van der Waals surface area contributed by atoms with E-state index in [0.29, 0.717) is 17.8 Å². The molecule has 0 radical (unpaired) electrons. The number of aromatic nitrogens is 4. The molecule has 0 amide bonds. The van der Waals surface area contributed by atoms with Gasteiger partial charge in [0, 0.05) is 11.8 Å². The molecule has 6 nitrogen and oxygen atoms in total. The number of H-pyrrole nitrogens is 1. The molecule has 0 atom stereocenters. The molecule has 0 bridgehead atoms. The van der Waals surface area contributed by atoms with Crippen LogP contribution in [0.4, 0.5) is 0 Å². The fourth-order valence-corrected chi connectivity index (χ4v) is 3.87. The van der Waals surface area contributed by atoms with E-state index in [1.165, 1.54) is 22.3 Å². The Morgan fingerprint density at radius 1 is 1.04 bits per heavy atom. The molecule has 4 aromatic rings. The summed E-state index contributed by atoms with van der Waals surface area (Å²) in [6.45, 7) is 4.47. The summed E-state index contributed by atoms with van der Waals surface area (Å²) in [6, 6.07) is 14.9. The first-order chi connectivity index (χ1) is 12.5. The van der Waals surface area contributed by atoms with Crippen LogP contribution in [0.2, 0.25) is 0 Å². The maximum Gasteiger partial charge on any atom is 0.271 e. The van der Waals surface area contributed by atoms with E-state index in [4.69, 9.17) is 0 Å². The topological polar surface area (TPSA) is 84.7 Å². The van der Waals surface area contributed by atoms with Gasteiger partial charge >= 0.3 is 0 Å². The minimum Gasteiger partial charge on any atom is -0.299 e. The highest BCUT2D eigenvalue weighted by atomic mass is 16.6. The van der Waals surface area contributed by atoms with Gasteiger partial charge in [-0.25, -0.2) is 9.61 Å². The molecule has 0 spiro atoms. The molecule has 1 aliphatic carbocycles. The molecule has 0 saturated heterocycles. The zero-order valence-electron chi connectivity index (χ0n) is 14.4. The van der Waals surface area contributed by atoms with Crippen LogP contribution in [0.15, 0.2) is 51.9 Å². The first-order valence-electron chi connectivity index (χ1n) is 8.49. The van der Waals surface area contributed by atoms with Crippen molar-refractivity contribution in [3.63, 3.8) is 0 Å². The Balaban J connectivity index is 1.59. The van der Waals surface area contributed by atoms with Crippen LogP contribution < -0.4 is 5.56 Å². The molecule has 2 aromatic carbocycles. The molecule has 0 saturated carbocycles. The van der Waals surface area contributed by atoms with Crippen molar-refractivity contribution in [1.82, 2.24) is 20.3 Å². The molecule has 128 valence electrons. The van der Waals surface area contributed by atoms with Crippen LogP contribution in [0, 0.1) is 0 Å². The van der Waals surface area contributed by atoms with Gasteiger partial charge in [-0.3, -0.25) is 9.78 Å². The molecule has 0 aliphatic heterocycles. The van der Waals surface area contributed by atoms with E-state index in [9.17, 15) is 4.79 Å². The van der Waals surface area contributed by atoms with Gasteiger partial charge in [-0.1, -0.05) is 56.3 Å². The zero-order valence-corrected chi connectivity index (χ0v) is 14.4. The Labute approximate surface area is 148 Å². The first kappa shape index (κ1) is 15.0. The van der Waals surface area contributed by atoms with Crippen LogP contribution in [-0.4, -0.2) is 20.3 Å². The third kappa shape index (κ3) is 2.05. The van der Waals surface area contributed by atoms with E-state index in [2.05, 4.69) is 81.2 Å². The Kier molecular flexibility index (Phi) is 2.95. The van der Waals surface area contributed by atoms with Crippen LogP contribution in [0.1, 0.15) is 36.2 Å². The lowest BCUT2D eigenvalue weighted by Gasteiger charge is -2.21. The van der Waals surface area contributed by atoms with Gasteiger partial charge in [0.2, 0.25) is 11.3 Å². The van der Waals surface area contributed by atoms with Crippen molar-refractivity contribution in [1.29, 1.82) is 0 Å². The average Bonchev–Trinajstić information content (AvgIpc) is 3.17. The van der Waals surface area contributed by atoms with Gasteiger partial charge in [-0.2, -0.15) is 0 Å². The van der Waals surface area contributed by atoms with Crippen LogP contribution in [0.5, 0.6) is 0 Å². The standard InChI is InChI=1S/C20H16N4O2/c1-20(2)14-6-4-3-5-12(14)13-8-7-11(9-15(13)20)10-16-19(25)22-18-17(21-16)23-26-24-18/h3-9H,10H2,1-2H3,(H,22,24,25). The molecule has 1 N–H and O–H groups in total. The second-order valence-corrected chi connectivity index (χ2v) is 7.18. The minimum atomic E-state index is -0.267. The summed E-state index contributed by atoms with van der Waals surface area (Å²) in [7, 11) is 0. The molecule has 26 heavy (non-hydrogen) atoms. The predicted molar refractivity (Wildman–Crippen MR) is 97.0 cm³/mol. The van der Waals surface area contributed by atoms with Gasteiger partial charge in [0.15, 0.2) is 0 Å². The predicted octanol–water partition coefficient (Wildman–Crippen LogP) is 3.20. The molecule has 2 aromatic heterocycles. The van der Waals surface area contributed by atoms with Gasteiger partial charge in [0.1, 0.15) is 5.69 Å². The summed E-state index contributed by atoms with van der Waals surface area (Å²) in [6.07, 6.45) is 0.428. The van der Waals surface area contributed by atoms with Crippen molar-refractivity contribution in [2.75, 3.05) is 0 Å². The van der Waals surface area contributed by atoms with Crippen LogP contribution in [0.3, 0.4) is 0 Å². The van der Waals surface area contributed by atoms with Crippen molar-refractivity contribution < 1.29 is 4.63 Å². The Morgan fingerprint density at radius 3 is 2.73 bits per heavy atom. The fraction of sp³-hybridized carbons (Fsp3) is 0.200. The number of benzene rings is 2. The van der Waals surface area contributed by atoms with E-state index in [0.717, 1.165) is 5.56 Å². The van der Waals surface area contributed by atoms with E-state index in [1.54, 1.807) is 0 Å². The summed E-state index contributed by atoms with van der Waals surface area (Å²) >= 11 is 0. The van der Waals surface area contributed by atoms with Crippen LogP contribution in [-0.2, 0) is 11.8 Å². The summed E-state index contributed by atoms with van der Waals surface area (Å²) in [5.41, 5.74) is 6.84. The number of hydrogen-bond acceptors (Lipinski definition) is 5. The third-order valence-electron chi connectivity index (χ3n) is 5.23. The minimum absolute atomic E-state index is 0.0677. The lowest BCUT2D eigenvalue weighted by atomic mass is 9.82. The van der Waals surface area contributed by atoms with Gasteiger partial charge in [-0.05, 0) is 38.1 Å². The second-order valence-electron chi connectivity index (χ2n) is 7.18. The highest BCUT2D eigenvalue weighted by molar-refractivity contribution is 5.80. The van der Waals surface area contributed by atoms with Crippen LogP contribution >= 0.6 is 0 Å². The Bertz CT molecular complexity index is 1220. The largest absolute Gasteiger partial charge is 0.299 e. The van der Waals surface area contributed by atoms with Gasteiger partial charge in [-0.15, -0.1) is 0 Å². The smallest absolute Gasteiger partial charge is 0.271 e.